The summed E-state index contributed by atoms with van der Waals surface area (Å²) in [4.78, 5) is 31.6. The molecule has 3 aromatic rings. The summed E-state index contributed by atoms with van der Waals surface area (Å²) >= 11 is 0. The summed E-state index contributed by atoms with van der Waals surface area (Å²) in [6, 6.07) is 2.87. The number of pyridine rings is 2. The number of halogens is 1. The zero-order valence-electron chi connectivity index (χ0n) is 23.5. The molecule has 2 aliphatic heterocycles. The van der Waals surface area contributed by atoms with Crippen LogP contribution < -0.4 is 10.9 Å². The molecule has 0 bridgehead atoms. The van der Waals surface area contributed by atoms with E-state index >= 15 is 4.39 Å². The van der Waals surface area contributed by atoms with Gasteiger partial charge in [-0.25, -0.2) is 9.37 Å². The molecule has 1 aromatic carbocycles. The van der Waals surface area contributed by atoms with E-state index in [1.165, 1.54) is 6.07 Å². The Hall–Kier alpha value is -3.56. The highest BCUT2D eigenvalue weighted by molar-refractivity contribution is 5.93. The highest BCUT2D eigenvalue weighted by Crippen LogP contribution is 2.46. The molecule has 210 valence electrons. The van der Waals surface area contributed by atoms with Crippen molar-refractivity contribution in [3.8, 4) is 11.4 Å². The van der Waals surface area contributed by atoms with Crippen molar-refractivity contribution in [3.05, 3.63) is 74.0 Å². The van der Waals surface area contributed by atoms with E-state index in [1.54, 1.807) is 17.6 Å². The summed E-state index contributed by atoms with van der Waals surface area (Å²) in [6.07, 6.45) is 1.45. The summed E-state index contributed by atoms with van der Waals surface area (Å²) in [5.41, 5.74) is 3.34. The second kappa shape index (κ2) is 8.97. The molecule has 2 aromatic heterocycles. The maximum atomic E-state index is 15.1. The van der Waals surface area contributed by atoms with E-state index in [9.17, 15) is 14.7 Å². The van der Waals surface area contributed by atoms with Gasteiger partial charge < -0.3 is 24.5 Å². The fraction of sp³-hybridized carbons (Fsp3) is 0.452. The summed E-state index contributed by atoms with van der Waals surface area (Å²) < 4.78 is 28.0. The van der Waals surface area contributed by atoms with Gasteiger partial charge in [-0.05, 0) is 69.7 Å². The average Bonchev–Trinajstić information content (AvgIpc) is 3.27. The van der Waals surface area contributed by atoms with E-state index in [2.05, 4.69) is 11.9 Å². The molecule has 1 aliphatic carbocycles. The zero-order chi connectivity index (χ0) is 28.7. The molecule has 9 heteroatoms. The van der Waals surface area contributed by atoms with Crippen molar-refractivity contribution in [1.82, 2.24) is 14.9 Å². The largest absolute Gasteiger partial charge is 0.490 e. The number of nitrogens with zero attached hydrogens (tertiary/aromatic N) is 2. The Labute approximate surface area is 231 Å². The number of aliphatic hydroxyl groups is 1. The second-order valence-electron chi connectivity index (χ2n) is 12.0. The third-order valence-electron chi connectivity index (χ3n) is 8.52. The number of carbonyl (C=O) groups is 1. The summed E-state index contributed by atoms with van der Waals surface area (Å²) in [7, 11) is 0. The van der Waals surface area contributed by atoms with E-state index in [0.29, 0.717) is 46.4 Å². The Morgan fingerprint density at radius 3 is 2.77 bits per heavy atom. The monoisotopic (exact) mass is 547 g/mol. The van der Waals surface area contributed by atoms with Crippen LogP contribution in [0.15, 0.2) is 29.3 Å². The lowest BCUT2D eigenvalue weighted by molar-refractivity contribution is -0.131. The predicted molar refractivity (Wildman–Crippen MR) is 148 cm³/mol. The number of rotatable bonds is 4. The van der Waals surface area contributed by atoms with Gasteiger partial charge in [0.05, 0.1) is 40.7 Å². The molecule has 40 heavy (non-hydrogen) atoms. The molecule has 4 heterocycles. The van der Waals surface area contributed by atoms with Crippen molar-refractivity contribution in [2.45, 2.75) is 84.3 Å². The first-order valence-electron chi connectivity index (χ1n) is 13.7. The number of aryl methyl sites for hydroxylation is 1. The van der Waals surface area contributed by atoms with Crippen LogP contribution in [0.25, 0.3) is 22.3 Å². The van der Waals surface area contributed by atoms with Gasteiger partial charge in [0.15, 0.2) is 0 Å². The molecule has 0 fully saturated rings. The highest BCUT2D eigenvalue weighted by atomic mass is 19.1. The lowest BCUT2D eigenvalue weighted by Crippen LogP contribution is -2.38. The number of aromatic nitrogens is 2. The van der Waals surface area contributed by atoms with Gasteiger partial charge in [-0.2, -0.15) is 0 Å². The number of carbonyl (C=O) groups excluding carboxylic acids is 1. The third kappa shape index (κ3) is 3.89. The summed E-state index contributed by atoms with van der Waals surface area (Å²) in [6.45, 7) is 13.3. The van der Waals surface area contributed by atoms with E-state index in [4.69, 9.17) is 14.5 Å². The Bertz CT molecular complexity index is 1690. The van der Waals surface area contributed by atoms with Gasteiger partial charge in [-0.3, -0.25) is 9.59 Å². The number of fused-ring (bicyclic) bond motifs is 5. The normalized spacial score (nSPS) is 21.1. The molecule has 6 rings (SSSR count). The minimum absolute atomic E-state index is 0.0230. The summed E-state index contributed by atoms with van der Waals surface area (Å²) in [5.74, 6) is -0.376. The molecule has 0 radical (unpaired) electrons. The Morgan fingerprint density at radius 1 is 1.32 bits per heavy atom. The van der Waals surface area contributed by atoms with Gasteiger partial charge in [0, 0.05) is 22.6 Å². The fourth-order valence-electron chi connectivity index (χ4n) is 6.33. The van der Waals surface area contributed by atoms with Crippen LogP contribution in [0.4, 0.5) is 4.39 Å². The number of hydrogen-bond donors (Lipinski definition) is 2. The molecule has 0 saturated carbocycles. The first kappa shape index (κ1) is 26.7. The van der Waals surface area contributed by atoms with Gasteiger partial charge in [-0.15, -0.1) is 0 Å². The van der Waals surface area contributed by atoms with Crippen LogP contribution in [0.2, 0.25) is 0 Å². The van der Waals surface area contributed by atoms with E-state index in [-0.39, 0.29) is 55.3 Å². The van der Waals surface area contributed by atoms with Crippen LogP contribution in [0.5, 0.6) is 0 Å². The SMILES string of the molecule is C=C1OCc2c(cc3n(c2=O)Cc2c-3nc3cc(F)c(C)c4c3c2[C@@H](NC(=O)COC(C)(C)C)CC4)[C@@]1(O)CC. The van der Waals surface area contributed by atoms with Crippen LogP contribution in [0, 0.1) is 12.7 Å². The van der Waals surface area contributed by atoms with Gasteiger partial charge >= 0.3 is 0 Å². The Kier molecular flexibility index (Phi) is 5.98. The van der Waals surface area contributed by atoms with Crippen molar-refractivity contribution in [2.24, 2.45) is 0 Å². The van der Waals surface area contributed by atoms with Crippen molar-refractivity contribution >= 4 is 16.8 Å². The van der Waals surface area contributed by atoms with Crippen molar-refractivity contribution in [2.75, 3.05) is 6.61 Å². The molecule has 1 amide bonds. The second-order valence-corrected chi connectivity index (χ2v) is 12.0. The first-order chi connectivity index (χ1) is 18.8. The van der Waals surface area contributed by atoms with Crippen LogP contribution in [-0.2, 0) is 39.4 Å². The number of nitrogens with one attached hydrogen (secondary N) is 1. The van der Waals surface area contributed by atoms with Crippen molar-refractivity contribution in [3.63, 3.8) is 0 Å². The lowest BCUT2D eigenvalue weighted by atomic mass is 9.81. The number of amides is 1. The molecule has 0 unspecified atom stereocenters. The van der Waals surface area contributed by atoms with Crippen LogP contribution in [0.1, 0.15) is 80.0 Å². The van der Waals surface area contributed by atoms with Crippen molar-refractivity contribution < 1.29 is 23.8 Å². The molecule has 0 spiro atoms. The van der Waals surface area contributed by atoms with Crippen LogP contribution >= 0.6 is 0 Å². The fourth-order valence-corrected chi connectivity index (χ4v) is 6.33. The summed E-state index contributed by atoms with van der Waals surface area (Å²) in [5, 5.41) is 15.4. The van der Waals surface area contributed by atoms with Gasteiger partial charge in [0.25, 0.3) is 5.56 Å². The van der Waals surface area contributed by atoms with E-state index < -0.39 is 11.2 Å². The third-order valence-corrected chi connectivity index (χ3v) is 8.52. The topological polar surface area (TPSA) is 103 Å². The maximum Gasteiger partial charge on any atom is 0.258 e. The molecule has 8 nitrogen and oxygen atoms in total. The molecule has 0 saturated heterocycles. The average molecular weight is 548 g/mol. The smallest absolute Gasteiger partial charge is 0.258 e. The molecular formula is C31H34FN3O5. The van der Waals surface area contributed by atoms with Crippen LogP contribution in [0.3, 0.4) is 0 Å². The van der Waals surface area contributed by atoms with Crippen LogP contribution in [-0.4, -0.2) is 32.8 Å². The number of ether oxygens (including phenoxy) is 2. The lowest BCUT2D eigenvalue weighted by Gasteiger charge is -2.35. The molecule has 2 atom stereocenters. The Morgan fingerprint density at radius 2 is 2.08 bits per heavy atom. The quantitative estimate of drug-likeness (QED) is 0.392. The highest BCUT2D eigenvalue weighted by Gasteiger charge is 2.42. The zero-order valence-corrected chi connectivity index (χ0v) is 23.5. The minimum Gasteiger partial charge on any atom is -0.490 e. The standard InChI is InChI=1S/C31H34FN3O5/c1-7-31(38)16(3)39-13-19-20(31)10-24-28-18(12-35(24)29(19)37)27-22(33-25(36)14-40-30(4,5)6)9-8-17-15(2)21(32)11-23(34-28)26(17)27/h10-11,22,38H,3,7-9,12-14H2,1-2,4-6H3,(H,33,36)/t22-,31+/m0/s1. The Balaban J connectivity index is 1.55. The van der Waals surface area contributed by atoms with Gasteiger partial charge in [0.2, 0.25) is 5.91 Å². The number of benzene rings is 1. The van der Waals surface area contributed by atoms with Gasteiger partial charge in [0.1, 0.15) is 30.4 Å². The molecule has 2 N–H and O–H groups in total. The first-order valence-corrected chi connectivity index (χ1v) is 13.7. The minimum atomic E-state index is -1.50. The molecule has 3 aliphatic rings. The number of hydrogen-bond acceptors (Lipinski definition) is 6. The van der Waals surface area contributed by atoms with E-state index in [0.717, 1.165) is 22.1 Å². The van der Waals surface area contributed by atoms with Gasteiger partial charge in [-0.1, -0.05) is 13.5 Å². The molecular weight excluding hydrogens is 513 g/mol. The van der Waals surface area contributed by atoms with Crippen molar-refractivity contribution in [1.29, 1.82) is 0 Å². The predicted octanol–water partition coefficient (Wildman–Crippen LogP) is 4.43. The van der Waals surface area contributed by atoms with E-state index in [1.807, 2.05) is 27.7 Å². The maximum absolute atomic E-state index is 15.1.